The fourth-order valence-corrected chi connectivity index (χ4v) is 4.53. The van der Waals surface area contributed by atoms with Gasteiger partial charge in [-0.1, -0.05) is 66.7 Å². The van der Waals surface area contributed by atoms with Crippen LogP contribution in [0.2, 0.25) is 0 Å². The molecular formula is C31H27NO6. The van der Waals surface area contributed by atoms with E-state index in [1.165, 1.54) is 11.2 Å². The van der Waals surface area contributed by atoms with Crippen LogP contribution in [-0.2, 0) is 22.7 Å². The lowest BCUT2D eigenvalue weighted by Crippen LogP contribution is -2.29. The first-order chi connectivity index (χ1) is 18.6. The zero-order chi connectivity index (χ0) is 26.5. The van der Waals surface area contributed by atoms with E-state index >= 15 is 0 Å². The Bertz CT molecular complexity index is 1440. The summed E-state index contributed by atoms with van der Waals surface area (Å²) in [7, 11) is 0. The number of ketones is 1. The van der Waals surface area contributed by atoms with Gasteiger partial charge in [0.2, 0.25) is 0 Å². The van der Waals surface area contributed by atoms with Crippen molar-refractivity contribution in [1.29, 1.82) is 0 Å². The number of carbonyl (C=O) groups excluding carboxylic acids is 2. The highest BCUT2D eigenvalue weighted by Gasteiger charge is 2.46. The lowest BCUT2D eigenvalue weighted by molar-refractivity contribution is -0.140. The van der Waals surface area contributed by atoms with Crippen molar-refractivity contribution in [3.63, 3.8) is 0 Å². The minimum atomic E-state index is -0.859. The van der Waals surface area contributed by atoms with Gasteiger partial charge in [0.1, 0.15) is 18.1 Å². The predicted octanol–water partition coefficient (Wildman–Crippen LogP) is 5.88. The molecule has 7 nitrogen and oxygen atoms in total. The van der Waals surface area contributed by atoms with Crippen molar-refractivity contribution < 1.29 is 28.6 Å². The molecule has 0 aliphatic carbocycles. The standard InChI is InChI=1S/C31H27NO6/c1-2-36-26-18-23(15-16-25(26)38-20-21-10-5-3-6-11-21)28-27(29(33)22-12-7-4-8-13-22)30(34)31(35)32(28)19-24-14-9-17-37-24/h3-18,28,33H,2,19-20H2,1H3. The first kappa shape index (κ1) is 24.9. The maximum absolute atomic E-state index is 13.3. The summed E-state index contributed by atoms with van der Waals surface area (Å²) < 4.78 is 17.4. The summed E-state index contributed by atoms with van der Waals surface area (Å²) >= 11 is 0. The van der Waals surface area contributed by atoms with E-state index in [0.29, 0.717) is 41.6 Å². The number of nitrogens with zero attached hydrogens (tertiary/aromatic N) is 1. The smallest absolute Gasteiger partial charge is 0.296 e. The maximum Gasteiger partial charge on any atom is 0.296 e. The van der Waals surface area contributed by atoms with Crippen LogP contribution < -0.4 is 9.47 Å². The van der Waals surface area contributed by atoms with E-state index in [9.17, 15) is 14.7 Å². The molecule has 0 saturated carbocycles. The largest absolute Gasteiger partial charge is 0.507 e. The molecule has 38 heavy (non-hydrogen) atoms. The number of benzene rings is 3. The van der Waals surface area contributed by atoms with Crippen LogP contribution in [0.3, 0.4) is 0 Å². The third-order valence-corrected chi connectivity index (χ3v) is 6.31. The first-order valence-electron chi connectivity index (χ1n) is 12.4. The van der Waals surface area contributed by atoms with E-state index in [4.69, 9.17) is 13.9 Å². The van der Waals surface area contributed by atoms with E-state index in [0.717, 1.165) is 5.56 Å². The van der Waals surface area contributed by atoms with Crippen molar-refractivity contribution in [2.45, 2.75) is 26.1 Å². The number of ether oxygens (including phenoxy) is 2. The van der Waals surface area contributed by atoms with Crippen molar-refractivity contribution in [2.24, 2.45) is 0 Å². The van der Waals surface area contributed by atoms with Crippen molar-refractivity contribution >= 4 is 17.4 Å². The predicted molar refractivity (Wildman–Crippen MR) is 141 cm³/mol. The van der Waals surface area contributed by atoms with Crippen LogP contribution in [0.15, 0.2) is 107 Å². The summed E-state index contributed by atoms with van der Waals surface area (Å²) in [5, 5.41) is 11.2. The molecule has 1 N–H and O–H groups in total. The van der Waals surface area contributed by atoms with Crippen molar-refractivity contribution in [2.75, 3.05) is 6.61 Å². The van der Waals surface area contributed by atoms with Gasteiger partial charge < -0.3 is 23.9 Å². The van der Waals surface area contributed by atoms with Crippen molar-refractivity contribution in [1.82, 2.24) is 4.90 Å². The summed E-state index contributed by atoms with van der Waals surface area (Å²) in [5.74, 6) is -0.186. The molecule has 4 aromatic rings. The number of likely N-dealkylation sites (tertiary alicyclic amines) is 1. The van der Waals surface area contributed by atoms with Gasteiger partial charge in [0.25, 0.3) is 11.7 Å². The molecule has 1 aromatic heterocycles. The summed E-state index contributed by atoms with van der Waals surface area (Å²) in [5.41, 5.74) is 2.06. The molecule has 0 spiro atoms. The first-order valence-corrected chi connectivity index (χ1v) is 12.4. The van der Waals surface area contributed by atoms with Crippen molar-refractivity contribution in [3.8, 4) is 11.5 Å². The SMILES string of the molecule is CCOc1cc(C2C(=C(O)c3ccccc3)C(=O)C(=O)N2Cc2ccco2)ccc1OCc1ccccc1. The molecule has 1 fully saturated rings. The number of aliphatic hydroxyl groups excluding tert-OH is 1. The van der Waals surface area contributed by atoms with Gasteiger partial charge in [-0.05, 0) is 42.3 Å². The molecule has 1 atom stereocenters. The van der Waals surface area contributed by atoms with Crippen LogP contribution in [0.5, 0.6) is 11.5 Å². The highest BCUT2D eigenvalue weighted by Crippen LogP contribution is 2.43. The van der Waals surface area contributed by atoms with Gasteiger partial charge >= 0.3 is 0 Å². The number of amides is 1. The topological polar surface area (TPSA) is 89.2 Å². The second kappa shape index (κ2) is 11.1. The summed E-state index contributed by atoms with van der Waals surface area (Å²) in [6.07, 6.45) is 1.51. The Morgan fingerprint density at radius 1 is 0.895 bits per heavy atom. The molecule has 1 amide bonds. The van der Waals surface area contributed by atoms with Gasteiger partial charge in [-0.2, -0.15) is 0 Å². The quantitative estimate of drug-likeness (QED) is 0.172. The Labute approximate surface area is 220 Å². The zero-order valence-electron chi connectivity index (χ0n) is 20.9. The molecule has 5 rings (SSSR count). The lowest BCUT2D eigenvalue weighted by Gasteiger charge is -2.25. The summed E-state index contributed by atoms with van der Waals surface area (Å²) in [4.78, 5) is 27.9. The Morgan fingerprint density at radius 2 is 1.63 bits per heavy atom. The van der Waals surface area contributed by atoms with Gasteiger partial charge in [-0.3, -0.25) is 9.59 Å². The number of hydrogen-bond donors (Lipinski definition) is 1. The molecule has 192 valence electrons. The molecule has 1 aliphatic rings. The van der Waals surface area contributed by atoms with E-state index in [2.05, 4.69) is 0 Å². The molecule has 7 heteroatoms. The van der Waals surface area contributed by atoms with Crippen LogP contribution in [0.25, 0.3) is 5.76 Å². The van der Waals surface area contributed by atoms with Crippen LogP contribution >= 0.6 is 0 Å². The highest BCUT2D eigenvalue weighted by atomic mass is 16.5. The normalized spacial score (nSPS) is 16.6. The molecule has 1 saturated heterocycles. The molecule has 3 aromatic carbocycles. The molecule has 0 bridgehead atoms. The average Bonchev–Trinajstić information content (AvgIpc) is 3.55. The number of Topliss-reactive ketones (excluding diaryl/α,β-unsaturated/α-hetero) is 1. The van der Waals surface area contributed by atoms with Gasteiger partial charge in [-0.15, -0.1) is 0 Å². The molecule has 0 radical (unpaired) electrons. The van der Waals surface area contributed by atoms with Crippen LogP contribution in [0.4, 0.5) is 0 Å². The Kier molecular flexibility index (Phi) is 7.26. The number of hydrogen-bond acceptors (Lipinski definition) is 6. The molecular weight excluding hydrogens is 482 g/mol. The summed E-state index contributed by atoms with van der Waals surface area (Å²) in [6, 6.07) is 26.4. The number of furan rings is 1. The van der Waals surface area contributed by atoms with Gasteiger partial charge in [0.15, 0.2) is 11.5 Å². The van der Waals surface area contributed by atoms with Gasteiger partial charge in [-0.25, -0.2) is 0 Å². The fraction of sp³-hybridized carbons (Fsp3) is 0.161. The van der Waals surface area contributed by atoms with Gasteiger partial charge in [0, 0.05) is 5.56 Å². The number of rotatable bonds is 9. The Morgan fingerprint density at radius 3 is 2.32 bits per heavy atom. The number of carbonyl (C=O) groups is 2. The minimum absolute atomic E-state index is 0.00755. The Balaban J connectivity index is 1.57. The van der Waals surface area contributed by atoms with E-state index in [1.54, 1.807) is 54.6 Å². The maximum atomic E-state index is 13.3. The van der Waals surface area contributed by atoms with Crippen LogP contribution in [-0.4, -0.2) is 28.3 Å². The lowest BCUT2D eigenvalue weighted by atomic mass is 9.95. The van der Waals surface area contributed by atoms with Crippen molar-refractivity contribution in [3.05, 3.63) is 125 Å². The third kappa shape index (κ3) is 5.04. The molecule has 1 unspecified atom stereocenters. The monoisotopic (exact) mass is 509 g/mol. The Hall–Kier alpha value is -4.78. The fourth-order valence-electron chi connectivity index (χ4n) is 4.53. The van der Waals surface area contributed by atoms with Crippen LogP contribution in [0.1, 0.15) is 35.4 Å². The summed E-state index contributed by atoms with van der Waals surface area (Å²) in [6.45, 7) is 2.67. The third-order valence-electron chi connectivity index (χ3n) is 6.31. The molecule has 2 heterocycles. The molecule has 1 aliphatic heterocycles. The zero-order valence-corrected chi connectivity index (χ0v) is 20.9. The van der Waals surface area contributed by atoms with E-state index in [1.807, 2.05) is 43.3 Å². The second-order valence-corrected chi connectivity index (χ2v) is 8.79. The van der Waals surface area contributed by atoms with Gasteiger partial charge in [0.05, 0.1) is 31.0 Å². The van der Waals surface area contributed by atoms with Crippen LogP contribution in [0, 0.1) is 0 Å². The minimum Gasteiger partial charge on any atom is -0.507 e. The second-order valence-electron chi connectivity index (χ2n) is 8.79. The van der Waals surface area contributed by atoms with E-state index in [-0.39, 0.29) is 17.9 Å². The highest BCUT2D eigenvalue weighted by molar-refractivity contribution is 6.46. The number of aliphatic hydroxyl groups is 1. The average molecular weight is 510 g/mol. The van der Waals surface area contributed by atoms with E-state index < -0.39 is 17.7 Å².